The van der Waals surface area contributed by atoms with Gasteiger partial charge < -0.3 is 11.1 Å². The van der Waals surface area contributed by atoms with Crippen LogP contribution in [0, 0.1) is 0 Å². The molecule has 0 spiro atoms. The first-order chi connectivity index (χ1) is 9.28. The van der Waals surface area contributed by atoms with E-state index >= 15 is 0 Å². The van der Waals surface area contributed by atoms with Gasteiger partial charge in [0.05, 0.1) is 0 Å². The van der Waals surface area contributed by atoms with Crippen molar-refractivity contribution in [2.45, 2.75) is 19.2 Å². The molecule has 0 aliphatic carbocycles. The fraction of sp³-hybridized carbons (Fsp3) is 0.250. The number of hydrogen-bond acceptors (Lipinski definition) is 3. The summed E-state index contributed by atoms with van der Waals surface area (Å²) in [6, 6.07) is 16.6. The third-order valence-corrected chi connectivity index (χ3v) is 3.85. The molecule has 2 nitrogen and oxygen atoms in total. The normalized spacial score (nSPS) is 10.4. The van der Waals surface area contributed by atoms with Gasteiger partial charge in [0.2, 0.25) is 0 Å². The second-order valence-electron chi connectivity index (χ2n) is 4.43. The average Bonchev–Trinajstić information content (AvgIpc) is 2.46. The number of nitrogen functional groups attached to an aromatic ring is 1. The zero-order valence-corrected chi connectivity index (χ0v) is 12.0. The lowest BCUT2D eigenvalue weighted by atomic mass is 10.2. The van der Waals surface area contributed by atoms with E-state index in [0.717, 1.165) is 29.4 Å². The summed E-state index contributed by atoms with van der Waals surface area (Å²) in [6.45, 7) is 3.01. The van der Waals surface area contributed by atoms with E-state index in [2.05, 4.69) is 48.6 Å². The van der Waals surface area contributed by atoms with Crippen LogP contribution in [0.25, 0.3) is 0 Å². The molecule has 0 aromatic heterocycles. The SMILES string of the molecule is CCSCc1ccc(NCc2ccc(N)cc2)cc1. The maximum absolute atomic E-state index is 5.67. The van der Waals surface area contributed by atoms with Crippen molar-refractivity contribution in [3.05, 3.63) is 59.7 Å². The summed E-state index contributed by atoms with van der Waals surface area (Å²) in [7, 11) is 0. The summed E-state index contributed by atoms with van der Waals surface area (Å²) >= 11 is 1.95. The molecule has 0 atom stereocenters. The van der Waals surface area contributed by atoms with Gasteiger partial charge in [-0.25, -0.2) is 0 Å². The van der Waals surface area contributed by atoms with Crippen LogP contribution in [0.1, 0.15) is 18.1 Å². The van der Waals surface area contributed by atoms with E-state index < -0.39 is 0 Å². The fourth-order valence-corrected chi connectivity index (χ4v) is 2.41. The van der Waals surface area contributed by atoms with Crippen molar-refractivity contribution in [2.75, 3.05) is 16.8 Å². The summed E-state index contributed by atoms with van der Waals surface area (Å²) in [5.74, 6) is 2.26. The number of anilines is 2. The minimum Gasteiger partial charge on any atom is -0.399 e. The monoisotopic (exact) mass is 272 g/mol. The van der Waals surface area contributed by atoms with Gasteiger partial charge in [0.1, 0.15) is 0 Å². The molecule has 100 valence electrons. The maximum Gasteiger partial charge on any atom is 0.0400 e. The van der Waals surface area contributed by atoms with Gasteiger partial charge in [0.25, 0.3) is 0 Å². The molecule has 0 aliphatic rings. The van der Waals surface area contributed by atoms with Gasteiger partial charge in [0, 0.05) is 23.7 Å². The molecule has 0 bridgehead atoms. The van der Waals surface area contributed by atoms with Crippen molar-refractivity contribution >= 4 is 23.1 Å². The van der Waals surface area contributed by atoms with Crippen LogP contribution in [-0.4, -0.2) is 5.75 Å². The maximum atomic E-state index is 5.67. The Labute approximate surface area is 119 Å². The zero-order chi connectivity index (χ0) is 13.5. The van der Waals surface area contributed by atoms with Crippen molar-refractivity contribution in [1.29, 1.82) is 0 Å². The Balaban J connectivity index is 1.87. The quantitative estimate of drug-likeness (QED) is 0.776. The van der Waals surface area contributed by atoms with Crippen molar-refractivity contribution in [1.82, 2.24) is 0 Å². The topological polar surface area (TPSA) is 38.0 Å². The van der Waals surface area contributed by atoms with E-state index in [1.165, 1.54) is 11.1 Å². The summed E-state index contributed by atoms with van der Waals surface area (Å²) in [5.41, 5.74) is 10.2. The van der Waals surface area contributed by atoms with Gasteiger partial charge in [-0.15, -0.1) is 0 Å². The molecule has 0 saturated carbocycles. The van der Waals surface area contributed by atoms with Crippen LogP contribution in [0.3, 0.4) is 0 Å². The number of thioether (sulfide) groups is 1. The van der Waals surface area contributed by atoms with Gasteiger partial charge in [-0.1, -0.05) is 31.2 Å². The molecule has 0 fully saturated rings. The van der Waals surface area contributed by atoms with Crippen molar-refractivity contribution in [3.8, 4) is 0 Å². The highest BCUT2D eigenvalue weighted by molar-refractivity contribution is 7.98. The Bertz CT molecular complexity index is 491. The first-order valence-electron chi connectivity index (χ1n) is 6.53. The van der Waals surface area contributed by atoms with Crippen LogP contribution >= 0.6 is 11.8 Å². The van der Waals surface area contributed by atoms with Gasteiger partial charge in [-0.2, -0.15) is 11.8 Å². The summed E-state index contributed by atoms with van der Waals surface area (Å²) in [6.07, 6.45) is 0. The third-order valence-electron chi connectivity index (χ3n) is 2.90. The molecular weight excluding hydrogens is 252 g/mol. The largest absolute Gasteiger partial charge is 0.399 e. The Kier molecular flexibility index (Phi) is 5.16. The number of nitrogens with two attached hydrogens (primary N) is 1. The van der Waals surface area contributed by atoms with Crippen LogP contribution in [0.2, 0.25) is 0 Å². The summed E-state index contributed by atoms with van der Waals surface area (Å²) in [4.78, 5) is 0. The summed E-state index contributed by atoms with van der Waals surface area (Å²) < 4.78 is 0. The van der Waals surface area contributed by atoms with Gasteiger partial charge in [-0.05, 0) is 41.1 Å². The average molecular weight is 272 g/mol. The van der Waals surface area contributed by atoms with E-state index in [0.29, 0.717) is 0 Å². The van der Waals surface area contributed by atoms with Crippen molar-refractivity contribution in [3.63, 3.8) is 0 Å². The minimum absolute atomic E-state index is 0.807. The molecule has 2 aromatic carbocycles. The standard InChI is InChI=1S/C16H20N2S/c1-2-19-12-14-5-9-16(10-6-14)18-11-13-3-7-15(17)8-4-13/h3-10,18H,2,11-12,17H2,1H3. The Morgan fingerprint density at radius 1 is 0.947 bits per heavy atom. The highest BCUT2D eigenvalue weighted by Gasteiger charge is 1.96. The lowest BCUT2D eigenvalue weighted by Crippen LogP contribution is -1.99. The first-order valence-corrected chi connectivity index (χ1v) is 7.68. The minimum atomic E-state index is 0.807. The van der Waals surface area contributed by atoms with Gasteiger partial charge in [-0.3, -0.25) is 0 Å². The van der Waals surface area contributed by atoms with Crippen LogP contribution in [-0.2, 0) is 12.3 Å². The van der Waals surface area contributed by atoms with Crippen LogP contribution < -0.4 is 11.1 Å². The Morgan fingerprint density at radius 3 is 2.21 bits per heavy atom. The van der Waals surface area contributed by atoms with E-state index in [1.54, 1.807) is 0 Å². The molecule has 0 saturated heterocycles. The molecule has 2 rings (SSSR count). The molecule has 2 aromatic rings. The number of rotatable bonds is 6. The smallest absolute Gasteiger partial charge is 0.0400 e. The summed E-state index contributed by atoms with van der Waals surface area (Å²) in [5, 5.41) is 3.42. The van der Waals surface area contributed by atoms with E-state index in [-0.39, 0.29) is 0 Å². The molecule has 0 radical (unpaired) electrons. The second-order valence-corrected chi connectivity index (χ2v) is 5.70. The Morgan fingerprint density at radius 2 is 1.58 bits per heavy atom. The number of benzene rings is 2. The molecule has 0 amide bonds. The van der Waals surface area contributed by atoms with Gasteiger partial charge in [0.15, 0.2) is 0 Å². The predicted molar refractivity (Wildman–Crippen MR) is 86.5 cm³/mol. The highest BCUT2D eigenvalue weighted by atomic mass is 32.2. The lowest BCUT2D eigenvalue weighted by molar-refractivity contribution is 1.15. The first kappa shape index (κ1) is 13.8. The van der Waals surface area contributed by atoms with Crippen molar-refractivity contribution < 1.29 is 0 Å². The predicted octanol–water partition coefficient (Wildman–Crippen LogP) is 4.13. The highest BCUT2D eigenvalue weighted by Crippen LogP contribution is 2.16. The molecule has 3 N–H and O–H groups in total. The van der Waals surface area contributed by atoms with Crippen molar-refractivity contribution in [2.24, 2.45) is 0 Å². The van der Waals surface area contributed by atoms with Gasteiger partial charge >= 0.3 is 0 Å². The van der Waals surface area contributed by atoms with Crippen LogP contribution in [0.15, 0.2) is 48.5 Å². The molecule has 0 unspecified atom stereocenters. The Hall–Kier alpha value is -1.61. The second kappa shape index (κ2) is 7.10. The lowest BCUT2D eigenvalue weighted by Gasteiger charge is -2.08. The molecule has 3 heteroatoms. The number of nitrogens with one attached hydrogen (secondary N) is 1. The number of hydrogen-bond donors (Lipinski definition) is 2. The van der Waals surface area contributed by atoms with E-state index in [4.69, 9.17) is 5.73 Å². The third kappa shape index (κ3) is 4.52. The zero-order valence-electron chi connectivity index (χ0n) is 11.2. The van der Waals surface area contributed by atoms with Crippen LogP contribution in [0.4, 0.5) is 11.4 Å². The van der Waals surface area contributed by atoms with E-state index in [1.807, 2.05) is 23.9 Å². The fourth-order valence-electron chi connectivity index (χ4n) is 1.78. The molecule has 0 heterocycles. The molecular formula is C16H20N2S. The van der Waals surface area contributed by atoms with Crippen LogP contribution in [0.5, 0.6) is 0 Å². The molecule has 19 heavy (non-hydrogen) atoms. The van der Waals surface area contributed by atoms with E-state index in [9.17, 15) is 0 Å². The molecule has 0 aliphatic heterocycles.